The molecule has 1 aromatic heterocycles. The number of halogens is 1. The van der Waals surface area contributed by atoms with E-state index in [-0.39, 0.29) is 11.9 Å². The van der Waals surface area contributed by atoms with Gasteiger partial charge in [-0.05, 0) is 30.5 Å². The summed E-state index contributed by atoms with van der Waals surface area (Å²) in [6, 6.07) is 17.7. The summed E-state index contributed by atoms with van der Waals surface area (Å²) in [5.41, 5.74) is 9.32. The van der Waals surface area contributed by atoms with E-state index in [0.717, 1.165) is 24.0 Å². The number of likely N-dealkylation sites (tertiary alicyclic amines) is 1. The van der Waals surface area contributed by atoms with Gasteiger partial charge in [-0.25, -0.2) is 0 Å². The van der Waals surface area contributed by atoms with Crippen molar-refractivity contribution in [2.75, 3.05) is 13.1 Å². The third kappa shape index (κ3) is 4.11. The molecule has 2 N–H and O–H groups in total. The van der Waals surface area contributed by atoms with Crippen LogP contribution in [0.1, 0.15) is 28.8 Å². The lowest BCUT2D eigenvalue weighted by atomic mass is 10.0. The second-order valence-corrected chi connectivity index (χ2v) is 7.65. The van der Waals surface area contributed by atoms with Gasteiger partial charge in [0.25, 0.3) is 5.91 Å². The van der Waals surface area contributed by atoms with Gasteiger partial charge in [0, 0.05) is 35.9 Å². The maximum absolute atomic E-state index is 13.2. The summed E-state index contributed by atoms with van der Waals surface area (Å²) in [6.07, 6.45) is 3.52. The van der Waals surface area contributed by atoms with E-state index >= 15 is 0 Å². The van der Waals surface area contributed by atoms with Crippen LogP contribution in [0.5, 0.6) is 0 Å². The summed E-state index contributed by atoms with van der Waals surface area (Å²) in [4.78, 5) is 15.1. The standard InChI is InChI=1S/C22H23ClN4O/c23-18-8-6-17(7-9-18)21-20(22(28)26-12-10-19(24)11-13-26)15-27(25-21)14-16-4-2-1-3-5-16/h1-9,15,19H,10-14,24H2. The first kappa shape index (κ1) is 18.7. The van der Waals surface area contributed by atoms with Gasteiger partial charge in [0.05, 0.1) is 12.1 Å². The van der Waals surface area contributed by atoms with E-state index in [1.54, 1.807) is 0 Å². The minimum absolute atomic E-state index is 0.0103. The Morgan fingerprint density at radius 2 is 1.75 bits per heavy atom. The fraction of sp³-hybridized carbons (Fsp3) is 0.273. The monoisotopic (exact) mass is 394 g/mol. The summed E-state index contributed by atoms with van der Waals surface area (Å²) >= 11 is 6.04. The summed E-state index contributed by atoms with van der Waals surface area (Å²) in [5.74, 6) is 0.0103. The molecule has 6 heteroatoms. The van der Waals surface area contributed by atoms with Gasteiger partial charge in [0.1, 0.15) is 5.69 Å². The number of hydrogen-bond acceptors (Lipinski definition) is 3. The van der Waals surface area contributed by atoms with Crippen LogP contribution in [0.25, 0.3) is 11.3 Å². The lowest BCUT2D eigenvalue weighted by molar-refractivity contribution is 0.0715. The quantitative estimate of drug-likeness (QED) is 0.731. The van der Waals surface area contributed by atoms with Gasteiger partial charge in [-0.3, -0.25) is 9.48 Å². The molecule has 3 aromatic rings. The molecular formula is C22H23ClN4O. The van der Waals surface area contributed by atoms with E-state index in [0.29, 0.717) is 35.9 Å². The van der Waals surface area contributed by atoms with E-state index in [1.165, 1.54) is 0 Å². The van der Waals surface area contributed by atoms with Crippen molar-refractivity contribution in [1.82, 2.24) is 14.7 Å². The Balaban J connectivity index is 1.68. The highest BCUT2D eigenvalue weighted by Crippen LogP contribution is 2.26. The number of amides is 1. The van der Waals surface area contributed by atoms with Gasteiger partial charge in [0.2, 0.25) is 0 Å². The van der Waals surface area contributed by atoms with Crippen LogP contribution in [0, 0.1) is 0 Å². The molecule has 1 aliphatic heterocycles. The largest absolute Gasteiger partial charge is 0.338 e. The predicted molar refractivity (Wildman–Crippen MR) is 111 cm³/mol. The first-order chi connectivity index (χ1) is 13.6. The molecule has 1 aliphatic rings. The molecule has 1 fully saturated rings. The summed E-state index contributed by atoms with van der Waals surface area (Å²) in [5, 5.41) is 5.40. The number of hydrogen-bond donors (Lipinski definition) is 1. The molecule has 0 atom stereocenters. The van der Waals surface area contributed by atoms with E-state index in [1.807, 2.05) is 58.2 Å². The molecule has 144 valence electrons. The molecule has 2 aromatic carbocycles. The molecule has 0 bridgehead atoms. The molecular weight excluding hydrogens is 372 g/mol. The van der Waals surface area contributed by atoms with Crippen molar-refractivity contribution < 1.29 is 4.79 Å². The number of nitrogens with zero attached hydrogens (tertiary/aromatic N) is 3. The SMILES string of the molecule is NC1CCN(C(=O)c2cn(Cc3ccccc3)nc2-c2ccc(Cl)cc2)CC1. The molecule has 28 heavy (non-hydrogen) atoms. The van der Waals surface area contributed by atoms with Crippen LogP contribution in [0.3, 0.4) is 0 Å². The topological polar surface area (TPSA) is 64.2 Å². The van der Waals surface area contributed by atoms with Crippen LogP contribution in [0.15, 0.2) is 60.8 Å². The maximum atomic E-state index is 13.2. The highest BCUT2D eigenvalue weighted by molar-refractivity contribution is 6.30. The van der Waals surface area contributed by atoms with E-state index in [2.05, 4.69) is 12.1 Å². The summed E-state index contributed by atoms with van der Waals surface area (Å²) in [6.45, 7) is 1.98. The van der Waals surface area contributed by atoms with Crippen molar-refractivity contribution in [3.63, 3.8) is 0 Å². The minimum atomic E-state index is 0.0103. The summed E-state index contributed by atoms with van der Waals surface area (Å²) in [7, 11) is 0. The first-order valence-corrected chi connectivity index (χ1v) is 9.90. The lowest BCUT2D eigenvalue weighted by Crippen LogP contribution is -2.42. The van der Waals surface area contributed by atoms with Crippen molar-refractivity contribution in [3.8, 4) is 11.3 Å². The minimum Gasteiger partial charge on any atom is -0.338 e. The summed E-state index contributed by atoms with van der Waals surface area (Å²) < 4.78 is 1.84. The van der Waals surface area contributed by atoms with Crippen LogP contribution < -0.4 is 5.73 Å². The molecule has 0 unspecified atom stereocenters. The van der Waals surface area contributed by atoms with Gasteiger partial charge >= 0.3 is 0 Å². The molecule has 0 radical (unpaired) electrons. The molecule has 4 rings (SSSR count). The van der Waals surface area contributed by atoms with Crippen LogP contribution in [-0.2, 0) is 6.54 Å². The first-order valence-electron chi connectivity index (χ1n) is 9.52. The second kappa shape index (κ2) is 8.17. The normalized spacial score (nSPS) is 15.0. The Kier molecular flexibility index (Phi) is 5.46. The lowest BCUT2D eigenvalue weighted by Gasteiger charge is -2.30. The molecule has 0 saturated carbocycles. The van der Waals surface area contributed by atoms with Gasteiger partial charge in [-0.1, -0.05) is 54.1 Å². The molecule has 1 amide bonds. The zero-order valence-electron chi connectivity index (χ0n) is 15.6. The number of rotatable bonds is 4. The van der Waals surface area contributed by atoms with Gasteiger partial charge in [-0.15, -0.1) is 0 Å². The van der Waals surface area contributed by atoms with Crippen molar-refractivity contribution in [2.24, 2.45) is 5.73 Å². The zero-order chi connectivity index (χ0) is 19.5. The zero-order valence-corrected chi connectivity index (χ0v) is 16.3. The smallest absolute Gasteiger partial charge is 0.257 e. The number of carbonyl (C=O) groups is 1. The fourth-order valence-electron chi connectivity index (χ4n) is 3.52. The predicted octanol–water partition coefficient (Wildman–Crippen LogP) is 3.82. The Morgan fingerprint density at radius 3 is 2.43 bits per heavy atom. The molecule has 5 nitrogen and oxygen atoms in total. The van der Waals surface area contributed by atoms with E-state index < -0.39 is 0 Å². The Labute approximate surface area is 169 Å². The van der Waals surface area contributed by atoms with Crippen LogP contribution in [-0.4, -0.2) is 39.7 Å². The van der Waals surface area contributed by atoms with Gasteiger partial charge in [0.15, 0.2) is 0 Å². The third-order valence-electron chi connectivity index (χ3n) is 5.12. The fourth-order valence-corrected chi connectivity index (χ4v) is 3.65. The number of nitrogens with two attached hydrogens (primary N) is 1. The van der Waals surface area contributed by atoms with Crippen molar-refractivity contribution >= 4 is 17.5 Å². The van der Waals surface area contributed by atoms with E-state index in [9.17, 15) is 4.79 Å². The van der Waals surface area contributed by atoms with Crippen molar-refractivity contribution in [2.45, 2.75) is 25.4 Å². The Morgan fingerprint density at radius 1 is 1.07 bits per heavy atom. The highest BCUT2D eigenvalue weighted by Gasteiger charge is 2.26. The highest BCUT2D eigenvalue weighted by atomic mass is 35.5. The molecule has 2 heterocycles. The number of benzene rings is 2. The average Bonchev–Trinajstić information content (AvgIpc) is 3.13. The van der Waals surface area contributed by atoms with E-state index in [4.69, 9.17) is 22.4 Å². The number of piperidine rings is 1. The van der Waals surface area contributed by atoms with Crippen molar-refractivity contribution in [1.29, 1.82) is 0 Å². The van der Waals surface area contributed by atoms with Crippen molar-refractivity contribution in [3.05, 3.63) is 76.9 Å². The van der Waals surface area contributed by atoms with Crippen LogP contribution >= 0.6 is 11.6 Å². The van der Waals surface area contributed by atoms with Crippen LogP contribution in [0.2, 0.25) is 5.02 Å². The molecule has 0 aliphatic carbocycles. The second-order valence-electron chi connectivity index (χ2n) is 7.21. The average molecular weight is 395 g/mol. The Bertz CT molecular complexity index is 944. The third-order valence-corrected chi connectivity index (χ3v) is 5.38. The maximum Gasteiger partial charge on any atom is 0.257 e. The molecule has 1 saturated heterocycles. The number of carbonyl (C=O) groups excluding carboxylic acids is 1. The molecule has 0 spiro atoms. The van der Waals surface area contributed by atoms with Crippen LogP contribution in [0.4, 0.5) is 0 Å². The number of aromatic nitrogens is 2. The van der Waals surface area contributed by atoms with Gasteiger partial charge in [-0.2, -0.15) is 5.10 Å². The Hall–Kier alpha value is -2.63. The van der Waals surface area contributed by atoms with Gasteiger partial charge < -0.3 is 10.6 Å².